The molecule has 0 aliphatic carbocycles. The Hall–Kier alpha value is -1.94. The van der Waals surface area contributed by atoms with Crippen LogP contribution in [0.1, 0.15) is 37.1 Å². The van der Waals surface area contributed by atoms with E-state index in [1.54, 1.807) is 13.2 Å². The third-order valence-corrected chi connectivity index (χ3v) is 3.55. The first-order chi connectivity index (χ1) is 10.0. The van der Waals surface area contributed by atoms with Crippen LogP contribution in [0.5, 0.6) is 5.75 Å². The monoisotopic (exact) mass is 291 g/mol. The molecule has 0 bridgehead atoms. The van der Waals surface area contributed by atoms with E-state index in [1.807, 2.05) is 38.1 Å². The maximum Gasteiger partial charge on any atom is 0.163 e. The van der Waals surface area contributed by atoms with E-state index in [2.05, 4.69) is 5.32 Å². The molecule has 0 fully saturated rings. The van der Waals surface area contributed by atoms with Crippen LogP contribution < -0.4 is 10.1 Å². The van der Waals surface area contributed by atoms with Crippen molar-refractivity contribution in [2.45, 2.75) is 25.9 Å². The normalized spacial score (nSPS) is 13.8. The first-order valence-corrected chi connectivity index (χ1v) is 6.87. The van der Waals surface area contributed by atoms with Crippen molar-refractivity contribution in [3.05, 3.63) is 65.2 Å². The maximum atomic E-state index is 13.8. The Bertz CT molecular complexity index is 615. The van der Waals surface area contributed by atoms with Gasteiger partial charge in [0.05, 0.1) is 7.11 Å². The fourth-order valence-corrected chi connectivity index (χ4v) is 2.43. The van der Waals surface area contributed by atoms with Crippen molar-refractivity contribution in [3.8, 4) is 5.75 Å². The van der Waals surface area contributed by atoms with E-state index in [9.17, 15) is 8.78 Å². The molecule has 2 atom stereocenters. The highest BCUT2D eigenvalue weighted by Gasteiger charge is 2.18. The van der Waals surface area contributed by atoms with Gasteiger partial charge in [-0.15, -0.1) is 0 Å². The lowest BCUT2D eigenvalue weighted by Gasteiger charge is -2.22. The van der Waals surface area contributed by atoms with Crippen LogP contribution >= 0.6 is 0 Å². The van der Waals surface area contributed by atoms with Crippen LogP contribution in [-0.2, 0) is 0 Å². The third kappa shape index (κ3) is 3.39. The molecule has 0 spiro atoms. The van der Waals surface area contributed by atoms with Crippen molar-refractivity contribution >= 4 is 0 Å². The zero-order valence-corrected chi connectivity index (χ0v) is 12.4. The molecule has 0 heterocycles. The summed E-state index contributed by atoms with van der Waals surface area (Å²) in [4.78, 5) is 0. The minimum absolute atomic E-state index is 0.0567. The lowest BCUT2D eigenvalue weighted by atomic mass is 10.0. The molecule has 4 heteroatoms. The van der Waals surface area contributed by atoms with Gasteiger partial charge in [0.15, 0.2) is 11.6 Å². The largest absolute Gasteiger partial charge is 0.496 e. The molecule has 0 radical (unpaired) electrons. The van der Waals surface area contributed by atoms with Gasteiger partial charge in [0, 0.05) is 23.2 Å². The summed E-state index contributed by atoms with van der Waals surface area (Å²) >= 11 is 0. The Morgan fingerprint density at radius 3 is 2.24 bits per heavy atom. The Morgan fingerprint density at radius 2 is 1.52 bits per heavy atom. The molecule has 0 aliphatic heterocycles. The molecule has 0 aromatic heterocycles. The summed E-state index contributed by atoms with van der Waals surface area (Å²) < 4.78 is 32.4. The molecule has 2 aromatic rings. The average Bonchev–Trinajstić information content (AvgIpc) is 2.49. The van der Waals surface area contributed by atoms with Gasteiger partial charge in [-0.25, -0.2) is 8.78 Å². The van der Waals surface area contributed by atoms with Crippen LogP contribution in [0, 0.1) is 11.6 Å². The highest BCUT2D eigenvalue weighted by Crippen LogP contribution is 2.27. The van der Waals surface area contributed by atoms with Crippen LogP contribution in [0.25, 0.3) is 0 Å². The van der Waals surface area contributed by atoms with E-state index in [0.29, 0.717) is 5.56 Å². The molecule has 21 heavy (non-hydrogen) atoms. The van der Waals surface area contributed by atoms with Gasteiger partial charge in [-0.05, 0) is 26.0 Å². The standard InChI is InChI=1S/C17H19F2NO/c1-11(13-7-4-5-10-16(13)21-3)20-12(2)14-8-6-9-15(18)17(14)19/h4-12,20H,1-3H3/t11-,12?/m1/s1. The number of methoxy groups -OCH3 is 1. The van der Waals surface area contributed by atoms with E-state index < -0.39 is 11.6 Å². The Balaban J connectivity index is 2.19. The Morgan fingerprint density at radius 1 is 0.905 bits per heavy atom. The smallest absolute Gasteiger partial charge is 0.163 e. The van der Waals surface area contributed by atoms with Gasteiger partial charge in [0.1, 0.15) is 5.75 Å². The minimum atomic E-state index is -0.828. The number of para-hydroxylation sites is 1. The predicted molar refractivity (Wildman–Crippen MR) is 79.3 cm³/mol. The summed E-state index contributed by atoms with van der Waals surface area (Å²) in [6, 6.07) is 11.5. The van der Waals surface area contributed by atoms with Gasteiger partial charge in [-0.3, -0.25) is 0 Å². The summed E-state index contributed by atoms with van der Waals surface area (Å²) in [7, 11) is 1.61. The van der Waals surface area contributed by atoms with E-state index >= 15 is 0 Å². The average molecular weight is 291 g/mol. The number of hydrogen-bond acceptors (Lipinski definition) is 2. The summed E-state index contributed by atoms with van der Waals surface area (Å²) in [5.41, 5.74) is 1.29. The Labute approximate surface area is 123 Å². The van der Waals surface area contributed by atoms with Crippen LogP contribution in [0.3, 0.4) is 0 Å². The molecular weight excluding hydrogens is 272 g/mol. The van der Waals surface area contributed by atoms with Gasteiger partial charge < -0.3 is 10.1 Å². The van der Waals surface area contributed by atoms with E-state index in [4.69, 9.17) is 4.74 Å². The number of nitrogens with one attached hydrogen (secondary N) is 1. The van der Waals surface area contributed by atoms with Gasteiger partial charge in [-0.1, -0.05) is 30.3 Å². The number of ether oxygens (including phenoxy) is 1. The fraction of sp³-hybridized carbons (Fsp3) is 0.294. The van der Waals surface area contributed by atoms with Gasteiger partial charge >= 0.3 is 0 Å². The quantitative estimate of drug-likeness (QED) is 0.882. The lowest BCUT2D eigenvalue weighted by molar-refractivity contribution is 0.394. The molecule has 2 nitrogen and oxygen atoms in total. The second kappa shape index (κ2) is 6.68. The molecule has 1 N–H and O–H groups in total. The van der Waals surface area contributed by atoms with Crippen molar-refractivity contribution in [1.29, 1.82) is 0 Å². The van der Waals surface area contributed by atoms with Crippen LogP contribution in [0.4, 0.5) is 8.78 Å². The first-order valence-electron chi connectivity index (χ1n) is 6.87. The molecule has 0 aliphatic rings. The predicted octanol–water partition coefficient (Wildman–Crippen LogP) is 4.39. The van der Waals surface area contributed by atoms with E-state index in [0.717, 1.165) is 17.4 Å². The SMILES string of the molecule is COc1ccccc1[C@@H](C)NC(C)c1cccc(F)c1F. The summed E-state index contributed by atoms with van der Waals surface area (Å²) in [5, 5.41) is 3.27. The van der Waals surface area contributed by atoms with Crippen LogP contribution in [-0.4, -0.2) is 7.11 Å². The Kier molecular flexibility index (Phi) is 4.91. The van der Waals surface area contributed by atoms with Gasteiger partial charge in [0.2, 0.25) is 0 Å². The third-order valence-electron chi connectivity index (χ3n) is 3.55. The fourth-order valence-electron chi connectivity index (χ4n) is 2.43. The van der Waals surface area contributed by atoms with Crippen LogP contribution in [0.2, 0.25) is 0 Å². The topological polar surface area (TPSA) is 21.3 Å². The highest BCUT2D eigenvalue weighted by atomic mass is 19.2. The minimum Gasteiger partial charge on any atom is -0.496 e. The van der Waals surface area contributed by atoms with Crippen molar-refractivity contribution in [2.75, 3.05) is 7.11 Å². The van der Waals surface area contributed by atoms with E-state index in [-0.39, 0.29) is 12.1 Å². The van der Waals surface area contributed by atoms with Crippen molar-refractivity contribution < 1.29 is 13.5 Å². The number of rotatable bonds is 5. The molecule has 112 valence electrons. The maximum absolute atomic E-state index is 13.8. The van der Waals surface area contributed by atoms with Crippen molar-refractivity contribution in [2.24, 2.45) is 0 Å². The highest BCUT2D eigenvalue weighted by molar-refractivity contribution is 5.36. The number of hydrogen-bond donors (Lipinski definition) is 1. The van der Waals surface area contributed by atoms with Crippen molar-refractivity contribution in [3.63, 3.8) is 0 Å². The number of halogens is 2. The zero-order chi connectivity index (χ0) is 15.4. The molecule has 0 amide bonds. The van der Waals surface area contributed by atoms with Gasteiger partial charge in [-0.2, -0.15) is 0 Å². The lowest BCUT2D eigenvalue weighted by Crippen LogP contribution is -2.24. The molecule has 2 aromatic carbocycles. The molecule has 0 saturated heterocycles. The summed E-state index contributed by atoms with van der Waals surface area (Å²) in [6.07, 6.45) is 0. The van der Waals surface area contributed by atoms with Gasteiger partial charge in [0.25, 0.3) is 0 Å². The van der Waals surface area contributed by atoms with Crippen molar-refractivity contribution in [1.82, 2.24) is 5.32 Å². The number of benzene rings is 2. The molecule has 0 saturated carbocycles. The molecular formula is C17H19F2NO. The molecule has 2 rings (SSSR count). The summed E-state index contributed by atoms with van der Waals surface area (Å²) in [5.74, 6) is -0.861. The van der Waals surface area contributed by atoms with E-state index in [1.165, 1.54) is 6.07 Å². The summed E-state index contributed by atoms with van der Waals surface area (Å²) in [6.45, 7) is 3.77. The zero-order valence-electron chi connectivity index (χ0n) is 12.4. The molecule has 1 unspecified atom stereocenters. The van der Waals surface area contributed by atoms with Crippen LogP contribution in [0.15, 0.2) is 42.5 Å². The first kappa shape index (κ1) is 15.4. The second-order valence-electron chi connectivity index (χ2n) is 5.00. The second-order valence-corrected chi connectivity index (χ2v) is 5.00.